The lowest BCUT2D eigenvalue weighted by atomic mass is 9.99. The van der Waals surface area contributed by atoms with Gasteiger partial charge < -0.3 is 10.0 Å². The number of amides is 1. The van der Waals surface area contributed by atoms with Crippen molar-refractivity contribution < 1.29 is 14.7 Å². The number of carboxylic acids is 1. The molecule has 0 bridgehead atoms. The van der Waals surface area contributed by atoms with Crippen LogP contribution in [-0.2, 0) is 4.79 Å². The van der Waals surface area contributed by atoms with Gasteiger partial charge in [-0.2, -0.15) is 5.10 Å². The Balaban J connectivity index is 2.28. The number of carboxylic acid groups (broad SMARTS) is 1. The van der Waals surface area contributed by atoms with E-state index in [1.165, 1.54) is 4.90 Å². The Kier molecular flexibility index (Phi) is 2.65. The second kappa shape index (κ2) is 3.87. The van der Waals surface area contributed by atoms with Crippen LogP contribution in [-0.4, -0.2) is 44.2 Å². The summed E-state index contributed by atoms with van der Waals surface area (Å²) in [5.41, 5.74) is -0.0503. The maximum absolute atomic E-state index is 12.2. The molecule has 0 aliphatic carbocycles. The van der Waals surface area contributed by atoms with Crippen LogP contribution in [0.5, 0.6) is 0 Å². The zero-order valence-corrected chi connectivity index (χ0v) is 9.86. The van der Waals surface area contributed by atoms with Crippen LogP contribution in [0.1, 0.15) is 35.9 Å². The van der Waals surface area contributed by atoms with E-state index in [4.69, 9.17) is 0 Å². The second-order valence-corrected chi connectivity index (χ2v) is 4.58. The van der Waals surface area contributed by atoms with E-state index < -0.39 is 11.5 Å². The zero-order chi connectivity index (χ0) is 12.6. The Hall–Kier alpha value is -1.85. The molecule has 6 heteroatoms. The number of rotatable bonds is 2. The molecule has 0 spiro atoms. The fourth-order valence-corrected chi connectivity index (χ4v) is 2.18. The van der Waals surface area contributed by atoms with Gasteiger partial charge in [0.15, 0.2) is 0 Å². The molecule has 0 radical (unpaired) electrons. The molecule has 1 unspecified atom stereocenters. The fourth-order valence-electron chi connectivity index (χ4n) is 2.18. The largest absolute Gasteiger partial charge is 0.480 e. The van der Waals surface area contributed by atoms with Crippen molar-refractivity contribution in [1.82, 2.24) is 15.1 Å². The summed E-state index contributed by atoms with van der Waals surface area (Å²) in [4.78, 5) is 24.8. The van der Waals surface area contributed by atoms with Crippen molar-refractivity contribution in [3.05, 3.63) is 17.5 Å². The van der Waals surface area contributed by atoms with Crippen LogP contribution in [0.2, 0.25) is 0 Å². The first-order chi connectivity index (χ1) is 7.95. The number of aryl methyl sites for hydroxylation is 1. The van der Waals surface area contributed by atoms with Gasteiger partial charge in [-0.1, -0.05) is 0 Å². The van der Waals surface area contributed by atoms with Gasteiger partial charge in [0.1, 0.15) is 11.2 Å². The van der Waals surface area contributed by atoms with Gasteiger partial charge in [0.05, 0.1) is 0 Å². The maximum Gasteiger partial charge on any atom is 0.329 e. The van der Waals surface area contributed by atoms with Gasteiger partial charge in [-0.05, 0) is 32.8 Å². The number of hydrogen-bond donors (Lipinski definition) is 2. The predicted molar refractivity (Wildman–Crippen MR) is 59.6 cm³/mol. The predicted octanol–water partition coefficient (Wildman–Crippen LogP) is 0.797. The molecular weight excluding hydrogens is 222 g/mol. The molecule has 0 saturated carbocycles. The average Bonchev–Trinajstić information content (AvgIpc) is 2.85. The zero-order valence-electron chi connectivity index (χ0n) is 9.86. The van der Waals surface area contributed by atoms with Crippen molar-refractivity contribution >= 4 is 11.9 Å². The number of H-pyrrole nitrogens is 1. The van der Waals surface area contributed by atoms with Gasteiger partial charge in [-0.25, -0.2) is 4.79 Å². The number of nitrogens with one attached hydrogen (secondary N) is 1. The summed E-state index contributed by atoms with van der Waals surface area (Å²) in [6.45, 7) is 3.84. The van der Waals surface area contributed by atoms with Crippen LogP contribution in [0, 0.1) is 6.92 Å². The standard InChI is InChI=1S/C11H15N3O3/c1-7-6-8(13-12-7)9(15)14-5-3-4-11(14,2)10(16)17/h6H,3-5H2,1-2H3,(H,12,13)(H,16,17). The van der Waals surface area contributed by atoms with Crippen molar-refractivity contribution in [2.75, 3.05) is 6.54 Å². The number of carbonyl (C=O) groups is 2. The molecule has 1 atom stereocenters. The first-order valence-electron chi connectivity index (χ1n) is 5.52. The molecular formula is C11H15N3O3. The van der Waals surface area contributed by atoms with Crippen molar-refractivity contribution in [2.24, 2.45) is 0 Å². The molecule has 2 heterocycles. The van der Waals surface area contributed by atoms with Gasteiger partial charge in [-0.3, -0.25) is 9.89 Å². The quantitative estimate of drug-likeness (QED) is 0.796. The first-order valence-corrected chi connectivity index (χ1v) is 5.52. The van der Waals surface area contributed by atoms with Gasteiger partial charge in [0, 0.05) is 12.2 Å². The molecule has 6 nitrogen and oxygen atoms in total. The number of hydrogen-bond acceptors (Lipinski definition) is 3. The van der Waals surface area contributed by atoms with Crippen LogP contribution in [0.25, 0.3) is 0 Å². The SMILES string of the molecule is Cc1cc(C(=O)N2CCCC2(C)C(=O)O)n[nH]1. The number of aromatic nitrogens is 2. The number of nitrogens with zero attached hydrogens (tertiary/aromatic N) is 2. The molecule has 0 aromatic carbocycles. The van der Waals surface area contributed by atoms with E-state index in [0.29, 0.717) is 19.4 Å². The summed E-state index contributed by atoms with van der Waals surface area (Å²) >= 11 is 0. The molecule has 2 rings (SSSR count). The Labute approximate surface area is 98.6 Å². The Morgan fingerprint density at radius 3 is 2.82 bits per heavy atom. The molecule has 1 fully saturated rings. The Morgan fingerprint density at radius 2 is 2.29 bits per heavy atom. The normalized spacial score (nSPS) is 24.0. The number of likely N-dealkylation sites (tertiary alicyclic amines) is 1. The Bertz CT molecular complexity index is 468. The highest BCUT2D eigenvalue weighted by atomic mass is 16.4. The minimum absolute atomic E-state index is 0.275. The van der Waals surface area contributed by atoms with E-state index in [1.807, 2.05) is 0 Å². The monoisotopic (exact) mass is 237 g/mol. The summed E-state index contributed by atoms with van der Waals surface area (Å²) in [5, 5.41) is 15.8. The molecule has 2 N–H and O–H groups in total. The lowest BCUT2D eigenvalue weighted by molar-refractivity contribution is -0.147. The summed E-state index contributed by atoms with van der Waals surface area (Å²) in [7, 11) is 0. The van der Waals surface area contributed by atoms with E-state index in [0.717, 1.165) is 5.69 Å². The van der Waals surface area contributed by atoms with Gasteiger partial charge >= 0.3 is 5.97 Å². The minimum atomic E-state index is -1.11. The molecule has 1 amide bonds. The molecule has 1 aromatic rings. The van der Waals surface area contributed by atoms with Gasteiger partial charge in [-0.15, -0.1) is 0 Å². The third-order valence-corrected chi connectivity index (χ3v) is 3.27. The van der Waals surface area contributed by atoms with Crippen molar-refractivity contribution in [1.29, 1.82) is 0 Å². The lowest BCUT2D eigenvalue weighted by Gasteiger charge is -2.30. The van der Waals surface area contributed by atoms with Crippen LogP contribution in [0.4, 0.5) is 0 Å². The van der Waals surface area contributed by atoms with E-state index in [-0.39, 0.29) is 11.6 Å². The number of aliphatic carboxylic acids is 1. The van der Waals surface area contributed by atoms with E-state index in [9.17, 15) is 14.7 Å². The third kappa shape index (κ3) is 1.79. The molecule has 1 saturated heterocycles. The highest BCUT2D eigenvalue weighted by molar-refractivity contribution is 5.96. The number of carbonyl (C=O) groups excluding carboxylic acids is 1. The fraction of sp³-hybridized carbons (Fsp3) is 0.545. The molecule has 92 valence electrons. The highest BCUT2D eigenvalue weighted by Crippen LogP contribution is 2.30. The van der Waals surface area contributed by atoms with E-state index in [2.05, 4.69) is 10.2 Å². The topological polar surface area (TPSA) is 86.3 Å². The van der Waals surface area contributed by atoms with Crippen LogP contribution >= 0.6 is 0 Å². The minimum Gasteiger partial charge on any atom is -0.480 e. The third-order valence-electron chi connectivity index (χ3n) is 3.27. The molecule has 17 heavy (non-hydrogen) atoms. The summed E-state index contributed by atoms with van der Waals surface area (Å²) < 4.78 is 0. The second-order valence-electron chi connectivity index (χ2n) is 4.58. The van der Waals surface area contributed by atoms with Crippen LogP contribution < -0.4 is 0 Å². The van der Waals surface area contributed by atoms with Crippen LogP contribution in [0.3, 0.4) is 0 Å². The summed E-state index contributed by atoms with van der Waals surface area (Å²) in [5.74, 6) is -1.28. The Morgan fingerprint density at radius 1 is 1.59 bits per heavy atom. The van der Waals surface area contributed by atoms with Crippen molar-refractivity contribution in [2.45, 2.75) is 32.2 Å². The molecule has 1 aliphatic rings. The summed E-state index contributed by atoms with van der Waals surface area (Å²) in [6.07, 6.45) is 1.19. The molecule has 1 aliphatic heterocycles. The van der Waals surface area contributed by atoms with Gasteiger partial charge in [0.2, 0.25) is 0 Å². The number of aromatic amines is 1. The smallest absolute Gasteiger partial charge is 0.329 e. The first kappa shape index (κ1) is 11.6. The van der Waals surface area contributed by atoms with Crippen molar-refractivity contribution in [3.63, 3.8) is 0 Å². The van der Waals surface area contributed by atoms with E-state index in [1.54, 1.807) is 19.9 Å². The molecule has 1 aromatic heterocycles. The van der Waals surface area contributed by atoms with Crippen LogP contribution in [0.15, 0.2) is 6.07 Å². The summed E-state index contributed by atoms with van der Waals surface area (Å²) in [6, 6.07) is 1.63. The van der Waals surface area contributed by atoms with E-state index >= 15 is 0 Å². The van der Waals surface area contributed by atoms with Crippen molar-refractivity contribution in [3.8, 4) is 0 Å². The maximum atomic E-state index is 12.2. The lowest BCUT2D eigenvalue weighted by Crippen LogP contribution is -2.50. The highest BCUT2D eigenvalue weighted by Gasteiger charge is 2.46. The average molecular weight is 237 g/mol. The van der Waals surface area contributed by atoms with Gasteiger partial charge in [0.25, 0.3) is 5.91 Å².